The molecule has 0 spiro atoms. The number of rotatable bonds is 9. The first-order chi connectivity index (χ1) is 16.9. The third kappa shape index (κ3) is 6.02. The molecule has 0 radical (unpaired) electrons. The van der Waals surface area contributed by atoms with E-state index in [0.29, 0.717) is 23.6 Å². The zero-order valence-corrected chi connectivity index (χ0v) is 20.2. The van der Waals surface area contributed by atoms with Crippen molar-refractivity contribution in [1.82, 2.24) is 10.2 Å². The van der Waals surface area contributed by atoms with Crippen LogP contribution in [0.4, 0.5) is 0 Å². The first-order valence-electron chi connectivity index (χ1n) is 12.9. The van der Waals surface area contributed by atoms with E-state index in [0.717, 1.165) is 37.7 Å². The highest BCUT2D eigenvalue weighted by atomic mass is 16.4. The van der Waals surface area contributed by atoms with Crippen molar-refractivity contribution < 1.29 is 19.5 Å². The summed E-state index contributed by atoms with van der Waals surface area (Å²) < 4.78 is 0. The number of carbonyl (C=O) groups is 3. The van der Waals surface area contributed by atoms with E-state index in [2.05, 4.69) is 17.5 Å². The highest BCUT2D eigenvalue weighted by molar-refractivity contribution is 6.01. The molecule has 0 aromatic heterocycles. The van der Waals surface area contributed by atoms with Crippen LogP contribution in [0.2, 0.25) is 0 Å². The van der Waals surface area contributed by atoms with Gasteiger partial charge in [-0.2, -0.15) is 5.26 Å². The van der Waals surface area contributed by atoms with Gasteiger partial charge in [0.25, 0.3) is 5.91 Å². The van der Waals surface area contributed by atoms with Gasteiger partial charge in [-0.25, -0.2) is 0 Å². The minimum absolute atomic E-state index is 0.0168. The first-order valence-corrected chi connectivity index (χ1v) is 12.9. The predicted octanol–water partition coefficient (Wildman–Crippen LogP) is 3.13. The molecule has 2 saturated carbocycles. The minimum Gasteiger partial charge on any atom is -0.481 e. The molecule has 1 unspecified atom stereocenters. The van der Waals surface area contributed by atoms with E-state index in [4.69, 9.17) is 16.1 Å². The molecule has 2 fully saturated rings. The maximum atomic E-state index is 12.9. The van der Waals surface area contributed by atoms with Crippen molar-refractivity contribution in [3.05, 3.63) is 34.9 Å². The smallest absolute Gasteiger partial charge is 0.303 e. The number of fused-ring (bicyclic) bond motifs is 1. The lowest BCUT2D eigenvalue weighted by atomic mass is 9.79. The van der Waals surface area contributed by atoms with Gasteiger partial charge in [-0.3, -0.25) is 14.4 Å². The molecule has 4 rings (SSSR count). The average molecular weight is 481 g/mol. The number of nitriles is 1. The molecule has 1 aliphatic heterocycles. The Hall–Kier alpha value is -2.92. The Kier molecular flexibility index (Phi) is 8.07. The second-order valence-corrected chi connectivity index (χ2v) is 10.5. The van der Waals surface area contributed by atoms with Gasteiger partial charge in [0.15, 0.2) is 0 Å². The van der Waals surface area contributed by atoms with Crippen LogP contribution in [-0.4, -0.2) is 45.9 Å². The summed E-state index contributed by atoms with van der Waals surface area (Å²) in [5.41, 5.74) is 8.15. The SMILES string of the molecule is N#CC1CCC(N[C@H]2CCCC[C@@H]2Cc2ccc3c(c2)CN(C(CCC(=O)O)C(N)=O)C3=O)CC1. The van der Waals surface area contributed by atoms with Crippen molar-refractivity contribution in [1.29, 1.82) is 5.26 Å². The molecule has 35 heavy (non-hydrogen) atoms. The number of carboxylic acid groups (broad SMARTS) is 1. The fourth-order valence-electron chi connectivity index (χ4n) is 6.15. The van der Waals surface area contributed by atoms with Crippen LogP contribution >= 0.6 is 0 Å². The summed E-state index contributed by atoms with van der Waals surface area (Å²) in [5.74, 6) is -1.21. The number of benzene rings is 1. The zero-order valence-electron chi connectivity index (χ0n) is 20.2. The molecule has 2 amide bonds. The van der Waals surface area contributed by atoms with Crippen molar-refractivity contribution in [3.63, 3.8) is 0 Å². The predicted molar refractivity (Wildman–Crippen MR) is 130 cm³/mol. The van der Waals surface area contributed by atoms with Gasteiger partial charge in [0.1, 0.15) is 6.04 Å². The normalized spacial score (nSPS) is 27.2. The Labute approximate surface area is 206 Å². The highest BCUT2D eigenvalue weighted by Crippen LogP contribution is 2.33. The van der Waals surface area contributed by atoms with Crippen LogP contribution in [0.1, 0.15) is 85.7 Å². The van der Waals surface area contributed by atoms with Crippen LogP contribution in [0.15, 0.2) is 18.2 Å². The third-order valence-corrected chi connectivity index (χ3v) is 8.10. The maximum Gasteiger partial charge on any atom is 0.303 e. The summed E-state index contributed by atoms with van der Waals surface area (Å²) in [4.78, 5) is 37.3. The monoisotopic (exact) mass is 480 g/mol. The molecule has 0 saturated heterocycles. The van der Waals surface area contributed by atoms with Gasteiger partial charge in [0.05, 0.1) is 6.07 Å². The van der Waals surface area contributed by atoms with E-state index in [9.17, 15) is 14.4 Å². The van der Waals surface area contributed by atoms with Crippen molar-refractivity contribution in [2.24, 2.45) is 17.6 Å². The van der Waals surface area contributed by atoms with Crippen molar-refractivity contribution in [2.75, 3.05) is 0 Å². The second-order valence-electron chi connectivity index (χ2n) is 10.5. The Balaban J connectivity index is 1.41. The lowest BCUT2D eigenvalue weighted by Gasteiger charge is -2.37. The van der Waals surface area contributed by atoms with E-state index in [-0.39, 0.29) is 31.2 Å². The molecule has 0 bridgehead atoms. The number of nitrogens with two attached hydrogens (primary N) is 1. The van der Waals surface area contributed by atoms with Crippen molar-refractivity contribution >= 4 is 17.8 Å². The fraction of sp³-hybridized carbons (Fsp3) is 0.630. The lowest BCUT2D eigenvalue weighted by Crippen LogP contribution is -2.46. The number of aliphatic carboxylic acids is 1. The van der Waals surface area contributed by atoms with Crippen LogP contribution in [-0.2, 0) is 22.6 Å². The topological polar surface area (TPSA) is 137 Å². The number of carboxylic acids is 1. The lowest BCUT2D eigenvalue weighted by molar-refractivity contribution is -0.137. The largest absolute Gasteiger partial charge is 0.481 e. The third-order valence-electron chi connectivity index (χ3n) is 8.10. The van der Waals surface area contributed by atoms with E-state index >= 15 is 0 Å². The van der Waals surface area contributed by atoms with Gasteiger partial charge in [0, 0.05) is 36.5 Å². The number of hydrogen-bond donors (Lipinski definition) is 3. The summed E-state index contributed by atoms with van der Waals surface area (Å²) in [5, 5.41) is 22.1. The molecule has 1 heterocycles. The fourth-order valence-corrected chi connectivity index (χ4v) is 6.15. The number of carbonyl (C=O) groups excluding carboxylic acids is 2. The van der Waals surface area contributed by atoms with Gasteiger partial charge in [0.2, 0.25) is 5.91 Å². The minimum atomic E-state index is -1.02. The summed E-state index contributed by atoms with van der Waals surface area (Å²) >= 11 is 0. The summed E-state index contributed by atoms with van der Waals surface area (Å²) in [6, 6.07) is 8.39. The van der Waals surface area contributed by atoms with Gasteiger partial charge in [-0.15, -0.1) is 0 Å². The first kappa shape index (κ1) is 25.2. The van der Waals surface area contributed by atoms with Crippen molar-refractivity contribution in [3.8, 4) is 6.07 Å². The Bertz CT molecular complexity index is 995. The van der Waals surface area contributed by atoms with Crippen LogP contribution < -0.4 is 11.1 Å². The van der Waals surface area contributed by atoms with Gasteiger partial charge >= 0.3 is 5.97 Å². The summed E-state index contributed by atoms with van der Waals surface area (Å²) in [6.45, 7) is 0.281. The molecule has 3 atom stereocenters. The van der Waals surface area contributed by atoms with Crippen LogP contribution in [0.3, 0.4) is 0 Å². The standard InChI is InChI=1S/C27H36N4O4/c28-15-17-5-8-21(9-6-17)30-23-4-2-1-3-19(23)13-18-7-10-22-20(14-18)16-31(27(22)35)24(26(29)34)11-12-25(32)33/h7,10,14,17,19,21,23-24,30H,1-6,8-9,11-13,16H2,(H2,29,34)(H,32,33)/t17?,19-,21?,23+,24?/m1/s1. The molecule has 4 N–H and O–H groups in total. The molecule has 2 aliphatic carbocycles. The average Bonchev–Trinajstić information content (AvgIpc) is 3.16. The quantitative estimate of drug-likeness (QED) is 0.497. The highest BCUT2D eigenvalue weighted by Gasteiger charge is 2.36. The Morgan fingerprint density at radius 3 is 2.60 bits per heavy atom. The molecular weight excluding hydrogens is 444 g/mol. The number of hydrogen-bond acceptors (Lipinski definition) is 5. The van der Waals surface area contributed by atoms with Crippen LogP contribution in [0.25, 0.3) is 0 Å². The van der Waals surface area contributed by atoms with Gasteiger partial charge in [-0.1, -0.05) is 25.0 Å². The molecule has 1 aromatic carbocycles. The van der Waals surface area contributed by atoms with Crippen molar-refractivity contribution in [2.45, 2.75) is 95.3 Å². The van der Waals surface area contributed by atoms with E-state index in [1.807, 2.05) is 12.1 Å². The van der Waals surface area contributed by atoms with E-state index in [1.54, 1.807) is 0 Å². The summed E-state index contributed by atoms with van der Waals surface area (Å²) in [7, 11) is 0. The van der Waals surface area contributed by atoms with E-state index in [1.165, 1.54) is 36.1 Å². The molecule has 1 aromatic rings. The summed E-state index contributed by atoms with van der Waals surface area (Å²) in [6.07, 6.45) is 9.66. The second kappa shape index (κ2) is 11.2. The number of amides is 2. The zero-order chi connectivity index (χ0) is 24.9. The molecule has 188 valence electrons. The Morgan fingerprint density at radius 1 is 1.17 bits per heavy atom. The molecule has 8 heteroatoms. The van der Waals surface area contributed by atoms with E-state index < -0.39 is 17.9 Å². The maximum absolute atomic E-state index is 12.9. The number of primary amides is 1. The van der Waals surface area contributed by atoms with Crippen LogP contribution in [0.5, 0.6) is 0 Å². The van der Waals surface area contributed by atoms with Gasteiger partial charge in [-0.05, 0) is 74.5 Å². The Morgan fingerprint density at radius 2 is 1.91 bits per heavy atom. The molecule has 3 aliphatic rings. The molecular formula is C27H36N4O4. The number of nitrogens with zero attached hydrogens (tertiary/aromatic N) is 2. The van der Waals surface area contributed by atoms with Crippen LogP contribution in [0, 0.1) is 23.2 Å². The molecule has 8 nitrogen and oxygen atoms in total. The number of nitrogens with one attached hydrogen (secondary N) is 1. The van der Waals surface area contributed by atoms with Gasteiger partial charge < -0.3 is 21.1 Å².